The summed E-state index contributed by atoms with van der Waals surface area (Å²) in [6, 6.07) is 7.89. The summed E-state index contributed by atoms with van der Waals surface area (Å²) >= 11 is 0. The van der Waals surface area contributed by atoms with Gasteiger partial charge in [-0.15, -0.1) is 0 Å². The van der Waals surface area contributed by atoms with E-state index in [1.165, 1.54) is 6.42 Å². The molecule has 0 saturated carbocycles. The minimum Gasteiger partial charge on any atom is -0.399 e. The second-order valence-electron chi connectivity index (χ2n) is 5.52. The Kier molecular flexibility index (Phi) is 3.36. The summed E-state index contributed by atoms with van der Waals surface area (Å²) in [5.74, 6) is -0.0555. The molecule has 1 fully saturated rings. The van der Waals surface area contributed by atoms with Gasteiger partial charge in [0, 0.05) is 29.2 Å². The normalized spacial score (nSPS) is 19.6. The molecular formula is C15H20N4O. The third-order valence-electron chi connectivity index (χ3n) is 4.06. The van der Waals surface area contributed by atoms with Gasteiger partial charge in [-0.1, -0.05) is 0 Å². The number of likely N-dealkylation sites (tertiary alicyclic amines) is 1. The van der Waals surface area contributed by atoms with Crippen molar-refractivity contribution in [2.24, 2.45) is 0 Å². The molecule has 4 N–H and O–H groups in total. The first-order valence-corrected chi connectivity index (χ1v) is 7.00. The van der Waals surface area contributed by atoms with Crippen LogP contribution < -0.4 is 11.1 Å². The largest absolute Gasteiger partial charge is 0.399 e. The van der Waals surface area contributed by atoms with Crippen LogP contribution in [0.15, 0.2) is 24.3 Å². The molecule has 1 aliphatic rings. The summed E-state index contributed by atoms with van der Waals surface area (Å²) in [7, 11) is 2.11. The first kappa shape index (κ1) is 13.0. The smallest absolute Gasteiger partial charge is 0.267 e. The molecule has 1 saturated heterocycles. The highest BCUT2D eigenvalue weighted by molar-refractivity contribution is 5.98. The number of amides is 1. The van der Waals surface area contributed by atoms with E-state index < -0.39 is 0 Å². The first-order valence-electron chi connectivity index (χ1n) is 7.00. The van der Waals surface area contributed by atoms with Gasteiger partial charge in [0.2, 0.25) is 0 Å². The van der Waals surface area contributed by atoms with E-state index in [1.807, 2.05) is 24.3 Å². The Balaban J connectivity index is 1.69. The SMILES string of the molecule is CN1CCCC1CNC(=O)c1cc2cc(N)ccc2[nH]1. The van der Waals surface area contributed by atoms with Crippen LogP contribution in [0.5, 0.6) is 0 Å². The van der Waals surface area contributed by atoms with Crippen LogP contribution in [0.25, 0.3) is 10.9 Å². The molecular weight excluding hydrogens is 252 g/mol. The molecule has 20 heavy (non-hydrogen) atoms. The number of anilines is 1. The number of benzene rings is 1. The van der Waals surface area contributed by atoms with Crippen LogP contribution in [0, 0.1) is 0 Å². The molecule has 1 aromatic carbocycles. The number of nitrogens with one attached hydrogen (secondary N) is 2. The number of fused-ring (bicyclic) bond motifs is 1. The number of aromatic nitrogens is 1. The summed E-state index contributed by atoms with van der Waals surface area (Å²) in [6.07, 6.45) is 2.36. The van der Waals surface area contributed by atoms with Gasteiger partial charge in [0.1, 0.15) is 5.69 Å². The molecule has 1 aromatic heterocycles. The number of hydrogen-bond donors (Lipinski definition) is 3. The Hall–Kier alpha value is -2.01. The van der Waals surface area contributed by atoms with E-state index in [4.69, 9.17) is 5.73 Å². The average Bonchev–Trinajstić information content (AvgIpc) is 3.01. The summed E-state index contributed by atoms with van der Waals surface area (Å²) in [6.45, 7) is 1.82. The molecule has 2 heterocycles. The fourth-order valence-electron chi connectivity index (χ4n) is 2.82. The number of aromatic amines is 1. The molecule has 1 aliphatic heterocycles. The van der Waals surface area contributed by atoms with Gasteiger partial charge >= 0.3 is 0 Å². The summed E-state index contributed by atoms with van der Waals surface area (Å²) in [5, 5.41) is 3.97. The molecule has 5 nitrogen and oxygen atoms in total. The van der Waals surface area contributed by atoms with Gasteiger partial charge in [0.25, 0.3) is 5.91 Å². The van der Waals surface area contributed by atoms with Crippen LogP contribution in [-0.2, 0) is 0 Å². The summed E-state index contributed by atoms with van der Waals surface area (Å²) < 4.78 is 0. The van der Waals surface area contributed by atoms with Crippen molar-refractivity contribution in [1.82, 2.24) is 15.2 Å². The predicted molar refractivity (Wildman–Crippen MR) is 80.7 cm³/mol. The van der Waals surface area contributed by atoms with Crippen molar-refractivity contribution in [2.45, 2.75) is 18.9 Å². The van der Waals surface area contributed by atoms with E-state index in [2.05, 4.69) is 22.2 Å². The molecule has 1 atom stereocenters. The summed E-state index contributed by atoms with van der Waals surface area (Å²) in [5.41, 5.74) is 7.97. The molecule has 0 spiro atoms. The standard InChI is InChI=1S/C15H20N4O/c1-19-6-2-3-12(19)9-17-15(20)14-8-10-7-11(16)4-5-13(10)18-14/h4-5,7-8,12,18H,2-3,6,9,16H2,1H3,(H,17,20). The van der Waals surface area contributed by atoms with Crippen molar-refractivity contribution in [3.63, 3.8) is 0 Å². The van der Waals surface area contributed by atoms with Crippen LogP contribution >= 0.6 is 0 Å². The topological polar surface area (TPSA) is 74.2 Å². The highest BCUT2D eigenvalue weighted by atomic mass is 16.1. The number of rotatable bonds is 3. The zero-order chi connectivity index (χ0) is 14.1. The molecule has 0 bridgehead atoms. The average molecular weight is 272 g/mol. The third kappa shape index (κ3) is 2.49. The van der Waals surface area contributed by atoms with Crippen molar-refractivity contribution in [2.75, 3.05) is 25.9 Å². The van der Waals surface area contributed by atoms with Gasteiger partial charge in [-0.25, -0.2) is 0 Å². The van der Waals surface area contributed by atoms with Gasteiger partial charge in [-0.3, -0.25) is 4.79 Å². The molecule has 2 aromatic rings. The van der Waals surface area contributed by atoms with Crippen molar-refractivity contribution in [3.8, 4) is 0 Å². The van der Waals surface area contributed by atoms with Crippen molar-refractivity contribution < 1.29 is 4.79 Å². The van der Waals surface area contributed by atoms with Crippen molar-refractivity contribution in [3.05, 3.63) is 30.0 Å². The Morgan fingerprint density at radius 1 is 1.50 bits per heavy atom. The van der Waals surface area contributed by atoms with E-state index in [-0.39, 0.29) is 5.91 Å². The van der Waals surface area contributed by atoms with Gasteiger partial charge in [0.05, 0.1) is 0 Å². The second-order valence-corrected chi connectivity index (χ2v) is 5.52. The van der Waals surface area contributed by atoms with Gasteiger partial charge in [-0.05, 0) is 50.7 Å². The molecule has 1 unspecified atom stereocenters. The Bertz CT molecular complexity index is 634. The van der Waals surface area contributed by atoms with E-state index in [9.17, 15) is 4.79 Å². The van der Waals surface area contributed by atoms with E-state index in [1.54, 1.807) is 0 Å². The molecule has 0 radical (unpaired) electrons. The van der Waals surface area contributed by atoms with Crippen LogP contribution in [0.3, 0.4) is 0 Å². The maximum Gasteiger partial charge on any atom is 0.267 e. The number of carbonyl (C=O) groups is 1. The highest BCUT2D eigenvalue weighted by Gasteiger charge is 2.21. The second kappa shape index (κ2) is 5.17. The Morgan fingerprint density at radius 3 is 3.10 bits per heavy atom. The predicted octanol–water partition coefficient (Wildman–Crippen LogP) is 1.57. The lowest BCUT2D eigenvalue weighted by Gasteiger charge is -2.19. The van der Waals surface area contributed by atoms with Crippen LogP contribution in [-0.4, -0.2) is 42.0 Å². The minimum atomic E-state index is -0.0555. The van der Waals surface area contributed by atoms with Gasteiger partial charge in [-0.2, -0.15) is 0 Å². The number of carbonyl (C=O) groups excluding carboxylic acids is 1. The number of nitrogen functional groups attached to an aromatic ring is 1. The number of H-pyrrole nitrogens is 1. The maximum atomic E-state index is 12.2. The lowest BCUT2D eigenvalue weighted by Crippen LogP contribution is -2.38. The minimum absolute atomic E-state index is 0.0555. The third-order valence-corrected chi connectivity index (χ3v) is 4.06. The molecule has 0 aliphatic carbocycles. The van der Waals surface area contributed by atoms with E-state index in [0.29, 0.717) is 24.0 Å². The quantitative estimate of drug-likeness (QED) is 0.743. The van der Waals surface area contributed by atoms with Crippen molar-refractivity contribution >= 4 is 22.5 Å². The molecule has 5 heteroatoms. The van der Waals surface area contributed by atoms with Crippen molar-refractivity contribution in [1.29, 1.82) is 0 Å². The zero-order valence-corrected chi connectivity index (χ0v) is 11.6. The zero-order valence-electron chi connectivity index (χ0n) is 11.6. The molecule has 3 rings (SSSR count). The fourth-order valence-corrected chi connectivity index (χ4v) is 2.82. The number of likely N-dealkylation sites (N-methyl/N-ethyl adjacent to an activating group) is 1. The van der Waals surface area contributed by atoms with Gasteiger partial charge < -0.3 is 20.9 Å². The van der Waals surface area contributed by atoms with E-state index in [0.717, 1.165) is 23.9 Å². The number of hydrogen-bond acceptors (Lipinski definition) is 3. The Morgan fingerprint density at radius 2 is 2.35 bits per heavy atom. The monoisotopic (exact) mass is 272 g/mol. The number of nitrogens with two attached hydrogens (primary N) is 1. The number of nitrogens with zero attached hydrogens (tertiary/aromatic N) is 1. The lowest BCUT2D eigenvalue weighted by atomic mass is 10.2. The molecule has 106 valence electrons. The lowest BCUT2D eigenvalue weighted by molar-refractivity contribution is 0.0939. The summed E-state index contributed by atoms with van der Waals surface area (Å²) in [4.78, 5) is 17.6. The Labute approximate surface area is 118 Å². The highest BCUT2D eigenvalue weighted by Crippen LogP contribution is 2.18. The van der Waals surface area contributed by atoms with E-state index >= 15 is 0 Å². The van der Waals surface area contributed by atoms with Gasteiger partial charge in [0.15, 0.2) is 0 Å². The van der Waals surface area contributed by atoms with Crippen LogP contribution in [0.4, 0.5) is 5.69 Å². The maximum absolute atomic E-state index is 12.2. The first-order chi connectivity index (χ1) is 9.63. The fraction of sp³-hybridized carbons (Fsp3) is 0.400. The molecule has 1 amide bonds. The van der Waals surface area contributed by atoms with Crippen LogP contribution in [0.1, 0.15) is 23.3 Å². The van der Waals surface area contributed by atoms with Crippen LogP contribution in [0.2, 0.25) is 0 Å².